The van der Waals surface area contributed by atoms with Crippen molar-refractivity contribution in [3.05, 3.63) is 182 Å². The predicted molar refractivity (Wildman–Crippen MR) is 219 cm³/mol. The summed E-state index contributed by atoms with van der Waals surface area (Å²) in [7, 11) is 0. The summed E-state index contributed by atoms with van der Waals surface area (Å²) >= 11 is 1.87. The Morgan fingerprint density at radius 2 is 0.824 bits per heavy atom. The standard InChI is InChI=1S/C48H30N2S/c1-2-13-31(14-3-1)32-27-29-33(30-28-32)49-39-20-7-4-15-36(39)46-34(18-10-22-41(46)49)35-19-11-23-42-47(35)37-16-5-8-21-40(37)50(42)43-24-12-26-45-48(43)38-17-6-9-25-44(38)51-45/h1-30H. The number of hydrogen-bond donors (Lipinski definition) is 0. The van der Waals surface area contributed by atoms with Gasteiger partial charge in [0.1, 0.15) is 0 Å². The zero-order chi connectivity index (χ0) is 33.5. The highest BCUT2D eigenvalue weighted by Crippen LogP contribution is 2.45. The van der Waals surface area contributed by atoms with Gasteiger partial charge in [0.05, 0.1) is 27.8 Å². The molecule has 0 spiro atoms. The van der Waals surface area contributed by atoms with Crippen molar-refractivity contribution < 1.29 is 0 Å². The van der Waals surface area contributed by atoms with Crippen molar-refractivity contribution >= 4 is 75.1 Å². The summed E-state index contributed by atoms with van der Waals surface area (Å²) in [6.45, 7) is 0. The van der Waals surface area contributed by atoms with E-state index in [9.17, 15) is 0 Å². The van der Waals surface area contributed by atoms with E-state index in [1.807, 2.05) is 11.3 Å². The number of para-hydroxylation sites is 2. The molecule has 238 valence electrons. The molecule has 0 aliphatic carbocycles. The Hall–Kier alpha value is -6.42. The van der Waals surface area contributed by atoms with Gasteiger partial charge in [-0.3, -0.25) is 0 Å². The van der Waals surface area contributed by atoms with Crippen LogP contribution in [0.3, 0.4) is 0 Å². The van der Waals surface area contributed by atoms with E-state index in [1.165, 1.54) is 91.7 Å². The molecular weight excluding hydrogens is 637 g/mol. The SMILES string of the molecule is c1ccc(-c2ccc(-n3c4ccccc4c4c(-c5cccc6c5c5ccccc5n6-c5cccc6sc7ccccc7c56)cccc43)cc2)cc1. The summed E-state index contributed by atoms with van der Waals surface area (Å²) in [5, 5.41) is 7.69. The maximum Gasteiger partial charge on any atom is 0.0555 e. The van der Waals surface area contributed by atoms with Crippen LogP contribution in [0.4, 0.5) is 0 Å². The zero-order valence-electron chi connectivity index (χ0n) is 27.6. The molecule has 11 aromatic rings. The molecule has 0 radical (unpaired) electrons. The first-order valence-electron chi connectivity index (χ1n) is 17.4. The molecule has 3 aromatic heterocycles. The lowest BCUT2D eigenvalue weighted by molar-refractivity contribution is 1.18. The van der Waals surface area contributed by atoms with Gasteiger partial charge < -0.3 is 9.13 Å². The second kappa shape index (κ2) is 11.0. The zero-order valence-corrected chi connectivity index (χ0v) is 28.4. The van der Waals surface area contributed by atoms with Gasteiger partial charge in [0.15, 0.2) is 0 Å². The molecule has 0 saturated heterocycles. The first-order valence-corrected chi connectivity index (χ1v) is 18.3. The average Bonchev–Trinajstić information content (AvgIpc) is 3.86. The van der Waals surface area contributed by atoms with Gasteiger partial charge in [-0.1, -0.05) is 127 Å². The van der Waals surface area contributed by atoms with E-state index < -0.39 is 0 Å². The molecule has 3 heterocycles. The van der Waals surface area contributed by atoms with Gasteiger partial charge >= 0.3 is 0 Å². The normalized spacial score (nSPS) is 11.9. The Bertz CT molecular complexity index is 3120. The van der Waals surface area contributed by atoms with Crippen molar-refractivity contribution in [2.45, 2.75) is 0 Å². The van der Waals surface area contributed by atoms with Crippen LogP contribution >= 0.6 is 11.3 Å². The number of hydrogen-bond acceptors (Lipinski definition) is 1. The van der Waals surface area contributed by atoms with Crippen LogP contribution in [0.5, 0.6) is 0 Å². The van der Waals surface area contributed by atoms with Crippen molar-refractivity contribution in [1.82, 2.24) is 9.13 Å². The topological polar surface area (TPSA) is 9.86 Å². The summed E-state index contributed by atoms with van der Waals surface area (Å²) in [4.78, 5) is 0. The van der Waals surface area contributed by atoms with Crippen molar-refractivity contribution in [2.24, 2.45) is 0 Å². The molecule has 0 unspecified atom stereocenters. The van der Waals surface area contributed by atoms with Gasteiger partial charge in [-0.15, -0.1) is 11.3 Å². The van der Waals surface area contributed by atoms with E-state index in [1.54, 1.807) is 0 Å². The van der Waals surface area contributed by atoms with Crippen LogP contribution in [0.2, 0.25) is 0 Å². The van der Waals surface area contributed by atoms with Crippen molar-refractivity contribution in [3.8, 4) is 33.6 Å². The summed E-state index contributed by atoms with van der Waals surface area (Å²) in [5.74, 6) is 0. The van der Waals surface area contributed by atoms with E-state index >= 15 is 0 Å². The second-order valence-electron chi connectivity index (χ2n) is 13.3. The van der Waals surface area contributed by atoms with Gasteiger partial charge in [-0.05, 0) is 76.9 Å². The van der Waals surface area contributed by atoms with Crippen molar-refractivity contribution in [2.75, 3.05) is 0 Å². The molecule has 11 rings (SSSR count). The summed E-state index contributed by atoms with van der Waals surface area (Å²) in [6.07, 6.45) is 0. The molecule has 0 N–H and O–H groups in total. The quantitative estimate of drug-likeness (QED) is 0.177. The molecule has 0 saturated carbocycles. The minimum atomic E-state index is 1.16. The lowest BCUT2D eigenvalue weighted by atomic mass is 9.95. The largest absolute Gasteiger partial charge is 0.309 e. The van der Waals surface area contributed by atoms with Crippen LogP contribution < -0.4 is 0 Å². The molecule has 8 aromatic carbocycles. The first-order chi connectivity index (χ1) is 25.3. The van der Waals surface area contributed by atoms with Crippen LogP contribution in [0.25, 0.3) is 97.4 Å². The fourth-order valence-corrected chi connectivity index (χ4v) is 9.53. The number of fused-ring (bicyclic) bond motifs is 9. The molecule has 0 atom stereocenters. The smallest absolute Gasteiger partial charge is 0.0555 e. The van der Waals surface area contributed by atoms with Crippen LogP contribution in [-0.4, -0.2) is 9.13 Å². The minimum absolute atomic E-state index is 1.16. The lowest BCUT2D eigenvalue weighted by Gasteiger charge is -2.12. The highest BCUT2D eigenvalue weighted by molar-refractivity contribution is 7.25. The average molecular weight is 667 g/mol. The Morgan fingerprint density at radius 1 is 0.314 bits per heavy atom. The first kappa shape index (κ1) is 28.4. The third kappa shape index (κ3) is 4.16. The fourth-order valence-electron chi connectivity index (χ4n) is 8.40. The summed E-state index contributed by atoms with van der Waals surface area (Å²) in [5.41, 5.74) is 12.2. The highest BCUT2D eigenvalue weighted by Gasteiger charge is 2.22. The molecule has 0 aliphatic heterocycles. The molecule has 0 aliphatic rings. The molecule has 51 heavy (non-hydrogen) atoms. The minimum Gasteiger partial charge on any atom is -0.309 e. The Morgan fingerprint density at radius 3 is 1.53 bits per heavy atom. The number of nitrogens with zero attached hydrogens (tertiary/aromatic N) is 2. The molecule has 0 fully saturated rings. The number of benzene rings is 8. The van der Waals surface area contributed by atoms with Crippen molar-refractivity contribution in [3.63, 3.8) is 0 Å². The highest BCUT2D eigenvalue weighted by atomic mass is 32.1. The van der Waals surface area contributed by atoms with Crippen LogP contribution in [0.15, 0.2) is 182 Å². The lowest BCUT2D eigenvalue weighted by Crippen LogP contribution is -1.94. The predicted octanol–water partition coefficient (Wildman–Crippen LogP) is 13.6. The maximum atomic E-state index is 2.49. The van der Waals surface area contributed by atoms with Gasteiger partial charge in [0, 0.05) is 47.4 Å². The van der Waals surface area contributed by atoms with Gasteiger partial charge in [0.25, 0.3) is 0 Å². The van der Waals surface area contributed by atoms with Crippen molar-refractivity contribution in [1.29, 1.82) is 0 Å². The fraction of sp³-hybridized carbons (Fsp3) is 0. The number of rotatable bonds is 4. The van der Waals surface area contributed by atoms with E-state index in [0.717, 1.165) is 5.69 Å². The number of aromatic nitrogens is 2. The van der Waals surface area contributed by atoms with E-state index in [-0.39, 0.29) is 0 Å². The maximum absolute atomic E-state index is 2.49. The Labute approximate surface area is 298 Å². The summed E-state index contributed by atoms with van der Waals surface area (Å²) < 4.78 is 7.55. The summed E-state index contributed by atoms with van der Waals surface area (Å²) in [6, 6.07) is 66.6. The van der Waals surface area contributed by atoms with E-state index in [2.05, 4.69) is 191 Å². The van der Waals surface area contributed by atoms with Gasteiger partial charge in [-0.25, -0.2) is 0 Å². The molecular formula is C48H30N2S. The molecule has 2 nitrogen and oxygen atoms in total. The molecule has 0 amide bonds. The van der Waals surface area contributed by atoms with E-state index in [0.29, 0.717) is 0 Å². The van der Waals surface area contributed by atoms with Crippen LogP contribution in [0, 0.1) is 0 Å². The third-order valence-corrected chi connectivity index (χ3v) is 11.7. The van der Waals surface area contributed by atoms with Gasteiger partial charge in [-0.2, -0.15) is 0 Å². The van der Waals surface area contributed by atoms with Gasteiger partial charge in [0.2, 0.25) is 0 Å². The Kier molecular flexibility index (Phi) is 6.16. The third-order valence-electron chi connectivity index (χ3n) is 10.5. The Balaban J connectivity index is 1.19. The van der Waals surface area contributed by atoms with E-state index in [4.69, 9.17) is 0 Å². The van der Waals surface area contributed by atoms with Crippen LogP contribution in [-0.2, 0) is 0 Å². The van der Waals surface area contributed by atoms with Crippen LogP contribution in [0.1, 0.15) is 0 Å². The second-order valence-corrected chi connectivity index (χ2v) is 14.3. The molecule has 0 bridgehead atoms. The monoisotopic (exact) mass is 666 g/mol. The number of thiophene rings is 1. The molecule has 3 heteroatoms.